The molecular formula is C36H40ClN5O3. The monoisotopic (exact) mass is 625 g/mol. The van der Waals surface area contributed by atoms with Crippen LogP contribution in [0, 0.1) is 18.8 Å². The first-order valence-electron chi connectivity index (χ1n) is 16.0. The van der Waals surface area contributed by atoms with E-state index < -0.39 is 0 Å². The fourth-order valence-electron chi connectivity index (χ4n) is 6.92. The quantitative estimate of drug-likeness (QED) is 0.170. The summed E-state index contributed by atoms with van der Waals surface area (Å²) in [6, 6.07) is 17.3. The molecule has 9 heteroatoms. The first-order valence-corrected chi connectivity index (χ1v) is 16.4. The van der Waals surface area contributed by atoms with E-state index in [4.69, 9.17) is 26.4 Å². The first kappa shape index (κ1) is 31.0. The van der Waals surface area contributed by atoms with Gasteiger partial charge in [-0.3, -0.25) is 14.6 Å². The molecule has 2 aliphatic carbocycles. The number of benzene rings is 2. The summed E-state index contributed by atoms with van der Waals surface area (Å²) in [6.07, 6.45) is 11.1. The molecule has 0 saturated heterocycles. The van der Waals surface area contributed by atoms with Gasteiger partial charge in [-0.05, 0) is 62.9 Å². The molecule has 234 valence electrons. The number of hydrogen-bond donors (Lipinski definition) is 0. The number of ketones is 1. The van der Waals surface area contributed by atoms with Crippen LogP contribution in [0.15, 0.2) is 67.0 Å². The second-order valence-electron chi connectivity index (χ2n) is 12.3. The van der Waals surface area contributed by atoms with Crippen molar-refractivity contribution in [3.63, 3.8) is 0 Å². The molecule has 2 aromatic carbocycles. The fraction of sp³-hybridized carbons (Fsp3) is 0.417. The van der Waals surface area contributed by atoms with Gasteiger partial charge in [-0.15, -0.1) is 0 Å². The average molecular weight is 626 g/mol. The van der Waals surface area contributed by atoms with E-state index in [0.29, 0.717) is 41.1 Å². The van der Waals surface area contributed by atoms with Crippen molar-refractivity contribution in [1.82, 2.24) is 24.6 Å². The minimum Gasteiger partial charge on any atom is -0.495 e. The maximum atomic E-state index is 14.5. The summed E-state index contributed by atoms with van der Waals surface area (Å²) >= 11 is 6.52. The number of halogens is 1. The number of carbonyl (C=O) groups is 2. The highest BCUT2D eigenvalue weighted by molar-refractivity contribution is 6.32. The number of nitrogens with zero attached hydrogens (tertiary/aromatic N) is 5. The highest BCUT2D eigenvalue weighted by Gasteiger charge is 2.40. The van der Waals surface area contributed by atoms with Gasteiger partial charge in [0.15, 0.2) is 17.4 Å². The molecule has 0 radical (unpaired) electrons. The van der Waals surface area contributed by atoms with Gasteiger partial charge in [0.25, 0.3) is 0 Å². The Hall–Kier alpha value is -4.04. The lowest BCUT2D eigenvalue weighted by molar-refractivity contribution is -0.140. The second kappa shape index (κ2) is 13.9. The van der Waals surface area contributed by atoms with E-state index in [1.54, 1.807) is 19.5 Å². The first-order chi connectivity index (χ1) is 21.9. The van der Waals surface area contributed by atoms with Crippen LogP contribution in [0.3, 0.4) is 0 Å². The van der Waals surface area contributed by atoms with Gasteiger partial charge in [-0.25, -0.2) is 9.67 Å². The zero-order chi connectivity index (χ0) is 31.3. The average Bonchev–Trinajstić information content (AvgIpc) is 3.76. The summed E-state index contributed by atoms with van der Waals surface area (Å²) in [5, 5.41) is 5.39. The Morgan fingerprint density at radius 1 is 0.911 bits per heavy atom. The van der Waals surface area contributed by atoms with Crippen molar-refractivity contribution < 1.29 is 14.3 Å². The van der Waals surface area contributed by atoms with Crippen LogP contribution >= 0.6 is 11.6 Å². The van der Waals surface area contributed by atoms with Crippen molar-refractivity contribution in [3.05, 3.63) is 83.1 Å². The van der Waals surface area contributed by atoms with Gasteiger partial charge in [0.05, 0.1) is 18.7 Å². The van der Waals surface area contributed by atoms with E-state index in [1.165, 1.54) is 0 Å². The summed E-state index contributed by atoms with van der Waals surface area (Å²) in [6.45, 7) is 2.97. The Balaban J connectivity index is 1.29. The molecule has 0 spiro atoms. The number of rotatable bonds is 10. The molecule has 6 rings (SSSR count). The van der Waals surface area contributed by atoms with Crippen LogP contribution in [0.1, 0.15) is 67.3 Å². The molecule has 0 unspecified atom stereocenters. The van der Waals surface area contributed by atoms with E-state index in [2.05, 4.69) is 9.88 Å². The SMILES string of the molecule is COc1ccc(-c2nc(-c3ccncc3)nn2CCN(C(=O)[C@@H]2CCCC[C@H]2C(=O)c2ccc(C)cc2)C2CCCC2)cc1Cl. The molecule has 2 atom stereocenters. The van der Waals surface area contributed by atoms with Crippen LogP contribution in [-0.2, 0) is 11.3 Å². The van der Waals surface area contributed by atoms with E-state index in [0.717, 1.165) is 68.1 Å². The Kier molecular flexibility index (Phi) is 9.59. The van der Waals surface area contributed by atoms with Crippen molar-refractivity contribution in [2.75, 3.05) is 13.7 Å². The Labute approximate surface area is 269 Å². The molecule has 2 saturated carbocycles. The molecule has 2 aliphatic rings. The van der Waals surface area contributed by atoms with Crippen molar-refractivity contribution >= 4 is 23.3 Å². The molecule has 0 N–H and O–H groups in total. The molecule has 2 fully saturated rings. The summed E-state index contributed by atoms with van der Waals surface area (Å²) in [5.41, 5.74) is 3.48. The fourth-order valence-corrected chi connectivity index (χ4v) is 7.17. The highest BCUT2D eigenvalue weighted by Crippen LogP contribution is 2.36. The maximum absolute atomic E-state index is 14.5. The van der Waals surface area contributed by atoms with Crippen LogP contribution in [0.4, 0.5) is 0 Å². The van der Waals surface area contributed by atoms with Crippen molar-refractivity contribution in [2.45, 2.75) is 70.9 Å². The van der Waals surface area contributed by atoms with Crippen LogP contribution in [0.5, 0.6) is 5.75 Å². The molecule has 45 heavy (non-hydrogen) atoms. The standard InChI is InChI=1S/C36H40ClN5O3/c1-24-11-13-25(14-12-24)33(43)29-9-5-6-10-30(29)36(44)41(28-7-3-4-8-28)21-22-42-35(27-15-16-32(45-2)31(37)23-27)39-34(40-42)26-17-19-38-20-18-26/h11-20,23,28-30H,3-10,21-22H2,1-2H3/t29-,30-/m1/s1. The van der Waals surface area contributed by atoms with E-state index in [-0.39, 0.29) is 29.6 Å². The van der Waals surface area contributed by atoms with Gasteiger partial charge < -0.3 is 9.64 Å². The smallest absolute Gasteiger partial charge is 0.226 e. The maximum Gasteiger partial charge on any atom is 0.226 e. The summed E-state index contributed by atoms with van der Waals surface area (Å²) in [4.78, 5) is 39.3. The van der Waals surface area contributed by atoms with E-state index in [9.17, 15) is 9.59 Å². The minimum atomic E-state index is -0.309. The summed E-state index contributed by atoms with van der Waals surface area (Å²) in [5.74, 6) is 1.42. The van der Waals surface area contributed by atoms with Crippen molar-refractivity contribution in [3.8, 4) is 28.5 Å². The van der Waals surface area contributed by atoms with Crippen LogP contribution in [0.25, 0.3) is 22.8 Å². The molecule has 0 aliphatic heterocycles. The number of pyridine rings is 1. The zero-order valence-electron chi connectivity index (χ0n) is 26.0. The number of aromatic nitrogens is 4. The molecular weight excluding hydrogens is 586 g/mol. The third-order valence-corrected chi connectivity index (χ3v) is 9.67. The third kappa shape index (κ3) is 6.81. The molecule has 4 aromatic rings. The number of methoxy groups -OCH3 is 1. The zero-order valence-corrected chi connectivity index (χ0v) is 26.7. The Morgan fingerprint density at radius 3 is 2.29 bits per heavy atom. The molecule has 1 amide bonds. The highest BCUT2D eigenvalue weighted by atomic mass is 35.5. The third-order valence-electron chi connectivity index (χ3n) is 9.38. The normalized spacial score (nSPS) is 18.6. The lowest BCUT2D eigenvalue weighted by atomic mass is 9.74. The predicted molar refractivity (Wildman–Crippen MR) is 175 cm³/mol. The summed E-state index contributed by atoms with van der Waals surface area (Å²) < 4.78 is 7.24. The van der Waals surface area contributed by atoms with Crippen LogP contribution < -0.4 is 4.74 Å². The Bertz CT molecular complexity index is 1630. The molecule has 2 aromatic heterocycles. The van der Waals surface area contributed by atoms with Crippen LogP contribution in [-0.4, -0.2) is 56.0 Å². The number of aryl methyl sites for hydroxylation is 1. The minimum absolute atomic E-state index is 0.0939. The van der Waals surface area contributed by atoms with E-state index >= 15 is 0 Å². The summed E-state index contributed by atoms with van der Waals surface area (Å²) in [7, 11) is 1.59. The van der Waals surface area contributed by atoms with Crippen molar-refractivity contribution in [2.24, 2.45) is 11.8 Å². The predicted octanol–water partition coefficient (Wildman–Crippen LogP) is 7.44. The number of Topliss-reactive ketones (excluding diaryl/α,β-unsaturated/α-hetero) is 1. The largest absolute Gasteiger partial charge is 0.495 e. The van der Waals surface area contributed by atoms with Crippen molar-refractivity contribution in [1.29, 1.82) is 0 Å². The van der Waals surface area contributed by atoms with Crippen LogP contribution in [0.2, 0.25) is 5.02 Å². The number of ether oxygens (including phenoxy) is 1. The number of carbonyl (C=O) groups excluding carboxylic acids is 2. The number of amides is 1. The lowest BCUT2D eigenvalue weighted by Crippen LogP contribution is -2.47. The van der Waals surface area contributed by atoms with Gasteiger partial charge in [0, 0.05) is 53.5 Å². The Morgan fingerprint density at radius 2 is 1.60 bits per heavy atom. The molecule has 0 bridgehead atoms. The molecule has 2 heterocycles. The lowest BCUT2D eigenvalue weighted by Gasteiger charge is -2.37. The molecule has 8 nitrogen and oxygen atoms in total. The van der Waals surface area contributed by atoms with Gasteiger partial charge in [-0.1, -0.05) is 67.1 Å². The van der Waals surface area contributed by atoms with E-state index in [1.807, 2.05) is 66.2 Å². The van der Waals surface area contributed by atoms with Gasteiger partial charge in [0.2, 0.25) is 5.91 Å². The topological polar surface area (TPSA) is 90.2 Å². The van der Waals surface area contributed by atoms with Gasteiger partial charge in [-0.2, -0.15) is 5.10 Å². The van der Waals surface area contributed by atoms with Gasteiger partial charge in [0.1, 0.15) is 5.75 Å². The number of hydrogen-bond acceptors (Lipinski definition) is 6. The second-order valence-corrected chi connectivity index (χ2v) is 12.7. The van der Waals surface area contributed by atoms with Gasteiger partial charge >= 0.3 is 0 Å².